The van der Waals surface area contributed by atoms with E-state index in [1.807, 2.05) is 0 Å². The summed E-state index contributed by atoms with van der Waals surface area (Å²) < 4.78 is 0. The molecule has 2 heteroatoms. The molecule has 82 valence electrons. The first-order valence-electron chi connectivity index (χ1n) is 6.08. The zero-order chi connectivity index (χ0) is 10.4. The van der Waals surface area contributed by atoms with Crippen molar-refractivity contribution in [2.45, 2.75) is 78.3 Å². The van der Waals surface area contributed by atoms with E-state index in [4.69, 9.17) is 0 Å². The van der Waals surface area contributed by atoms with Gasteiger partial charge in [0.2, 0.25) is 0 Å². The van der Waals surface area contributed by atoms with Crippen LogP contribution in [0.4, 0.5) is 0 Å². The molecular weight excluding hydrogens is 179 g/mol. The van der Waals surface area contributed by atoms with Crippen LogP contribution in [0.15, 0.2) is 0 Å². The Kier molecular flexibility index (Phi) is 11.2. The molecule has 0 aromatic heterocycles. The summed E-state index contributed by atoms with van der Waals surface area (Å²) in [5.41, 5.74) is 0. The minimum Gasteiger partial charge on any atom is -0.0691 e. The normalized spacial score (nSPS) is 16.7. The SMILES string of the molecule is CCC(C)B(C(C)CC)C(C)CC.[MgH2]. The molecule has 0 bridgehead atoms. The van der Waals surface area contributed by atoms with Gasteiger partial charge in [0.05, 0.1) is 0 Å². The summed E-state index contributed by atoms with van der Waals surface area (Å²) in [7, 11) is 0. The number of rotatable bonds is 6. The van der Waals surface area contributed by atoms with Crippen LogP contribution in [0.2, 0.25) is 17.5 Å². The highest BCUT2D eigenvalue weighted by atomic mass is 24.3. The Bertz CT molecular complexity index is 104. The van der Waals surface area contributed by atoms with Gasteiger partial charge in [0.1, 0.15) is 6.71 Å². The lowest BCUT2D eigenvalue weighted by Gasteiger charge is -2.30. The van der Waals surface area contributed by atoms with Crippen LogP contribution in [-0.4, -0.2) is 29.8 Å². The van der Waals surface area contributed by atoms with Crippen molar-refractivity contribution in [3.05, 3.63) is 0 Å². The van der Waals surface area contributed by atoms with Crippen molar-refractivity contribution >= 4 is 29.8 Å². The van der Waals surface area contributed by atoms with Crippen molar-refractivity contribution in [3.63, 3.8) is 0 Å². The fraction of sp³-hybridized carbons (Fsp3) is 1.00. The van der Waals surface area contributed by atoms with E-state index in [1.54, 1.807) is 0 Å². The summed E-state index contributed by atoms with van der Waals surface area (Å²) >= 11 is 0. The molecule has 0 saturated heterocycles. The van der Waals surface area contributed by atoms with Gasteiger partial charge in [0.25, 0.3) is 0 Å². The fourth-order valence-corrected chi connectivity index (χ4v) is 2.50. The van der Waals surface area contributed by atoms with Crippen molar-refractivity contribution in [3.8, 4) is 0 Å². The van der Waals surface area contributed by atoms with Gasteiger partial charge in [0.15, 0.2) is 0 Å². The Morgan fingerprint density at radius 1 is 0.714 bits per heavy atom. The van der Waals surface area contributed by atoms with Crippen molar-refractivity contribution < 1.29 is 0 Å². The number of hydrogen-bond donors (Lipinski definition) is 0. The van der Waals surface area contributed by atoms with E-state index >= 15 is 0 Å². The molecule has 3 atom stereocenters. The minimum absolute atomic E-state index is 0. The largest absolute Gasteiger partial charge is 0.316 e. The molecule has 0 aromatic rings. The smallest absolute Gasteiger partial charge is 0.0691 e. The first kappa shape index (κ1) is 17.2. The molecule has 0 aliphatic heterocycles. The van der Waals surface area contributed by atoms with Crippen LogP contribution >= 0.6 is 0 Å². The van der Waals surface area contributed by atoms with E-state index in [0.717, 1.165) is 24.2 Å². The summed E-state index contributed by atoms with van der Waals surface area (Å²) in [4.78, 5) is 0. The third-order valence-electron chi connectivity index (χ3n) is 3.90. The summed E-state index contributed by atoms with van der Waals surface area (Å²) in [6, 6.07) is 0. The maximum Gasteiger partial charge on any atom is 0.316 e. The number of hydrogen-bond acceptors (Lipinski definition) is 0. The average molecular weight is 208 g/mol. The Labute approximate surface area is 108 Å². The topological polar surface area (TPSA) is 0 Å². The lowest BCUT2D eigenvalue weighted by molar-refractivity contribution is 0.720. The molecule has 0 heterocycles. The molecule has 0 amide bonds. The van der Waals surface area contributed by atoms with E-state index < -0.39 is 0 Å². The molecule has 0 nitrogen and oxygen atoms in total. The standard InChI is InChI=1S/C12H27B.Mg.2H/c1-7-10(4)13(11(5)8-2)12(6)9-3;;;/h10-12H,7-9H2,1-6H3;;;. The molecule has 0 saturated carbocycles. The predicted octanol–water partition coefficient (Wildman–Crippen LogP) is 3.97. The Balaban J connectivity index is 0. The van der Waals surface area contributed by atoms with Gasteiger partial charge in [-0.15, -0.1) is 0 Å². The van der Waals surface area contributed by atoms with Crippen molar-refractivity contribution in [1.29, 1.82) is 0 Å². The quantitative estimate of drug-likeness (QED) is 0.580. The van der Waals surface area contributed by atoms with Crippen molar-refractivity contribution in [2.75, 3.05) is 0 Å². The molecule has 3 unspecified atom stereocenters. The Hall–Kier alpha value is 0.831. The molecular formula is C12H29BMg. The monoisotopic (exact) mass is 208 g/mol. The molecule has 0 aliphatic rings. The van der Waals surface area contributed by atoms with E-state index in [9.17, 15) is 0 Å². The van der Waals surface area contributed by atoms with Crippen LogP contribution in [0.5, 0.6) is 0 Å². The van der Waals surface area contributed by atoms with Crippen LogP contribution in [0.1, 0.15) is 60.8 Å². The van der Waals surface area contributed by atoms with Crippen molar-refractivity contribution in [2.24, 2.45) is 0 Å². The molecule has 0 radical (unpaired) electrons. The lowest BCUT2D eigenvalue weighted by atomic mass is 9.28. The van der Waals surface area contributed by atoms with Gasteiger partial charge in [0, 0.05) is 0 Å². The second-order valence-corrected chi connectivity index (χ2v) is 4.73. The van der Waals surface area contributed by atoms with Crippen LogP contribution in [0.25, 0.3) is 0 Å². The van der Waals surface area contributed by atoms with Gasteiger partial charge < -0.3 is 0 Å². The van der Waals surface area contributed by atoms with E-state index in [1.165, 1.54) is 19.3 Å². The zero-order valence-electron chi connectivity index (χ0n) is 10.4. The van der Waals surface area contributed by atoms with E-state index in [-0.39, 0.29) is 23.1 Å². The first-order valence-corrected chi connectivity index (χ1v) is 6.08. The zero-order valence-corrected chi connectivity index (χ0v) is 10.4. The van der Waals surface area contributed by atoms with Gasteiger partial charge in [-0.3, -0.25) is 0 Å². The van der Waals surface area contributed by atoms with Crippen molar-refractivity contribution in [1.82, 2.24) is 0 Å². The Morgan fingerprint density at radius 3 is 1.07 bits per heavy atom. The lowest BCUT2D eigenvalue weighted by Crippen LogP contribution is -2.28. The van der Waals surface area contributed by atoms with Crippen LogP contribution < -0.4 is 0 Å². The average Bonchev–Trinajstić information content (AvgIpc) is 2.16. The van der Waals surface area contributed by atoms with Gasteiger partial charge in [-0.25, -0.2) is 0 Å². The summed E-state index contributed by atoms with van der Waals surface area (Å²) in [5, 5.41) is 0. The second-order valence-electron chi connectivity index (χ2n) is 4.73. The maximum absolute atomic E-state index is 2.42. The van der Waals surface area contributed by atoms with Crippen LogP contribution in [0, 0.1) is 0 Å². The highest BCUT2D eigenvalue weighted by molar-refractivity contribution is 6.63. The van der Waals surface area contributed by atoms with E-state index in [0.29, 0.717) is 0 Å². The molecule has 0 spiro atoms. The van der Waals surface area contributed by atoms with Gasteiger partial charge >= 0.3 is 23.1 Å². The van der Waals surface area contributed by atoms with Crippen LogP contribution in [-0.2, 0) is 0 Å². The highest BCUT2D eigenvalue weighted by Gasteiger charge is 2.29. The molecule has 0 rings (SSSR count). The molecule has 14 heavy (non-hydrogen) atoms. The van der Waals surface area contributed by atoms with Gasteiger partial charge in [-0.2, -0.15) is 0 Å². The third kappa shape index (κ3) is 5.06. The van der Waals surface area contributed by atoms with Gasteiger partial charge in [-0.05, 0) is 0 Å². The second kappa shape index (κ2) is 9.09. The summed E-state index contributed by atoms with van der Waals surface area (Å²) in [6.07, 6.45) is 4.00. The summed E-state index contributed by atoms with van der Waals surface area (Å²) in [5.74, 6) is 2.68. The highest BCUT2D eigenvalue weighted by Crippen LogP contribution is 2.35. The maximum atomic E-state index is 2.42. The van der Waals surface area contributed by atoms with Gasteiger partial charge in [-0.1, -0.05) is 78.3 Å². The molecule has 0 N–H and O–H groups in total. The molecule has 0 fully saturated rings. The fourth-order valence-electron chi connectivity index (χ4n) is 2.50. The molecule has 0 aliphatic carbocycles. The summed E-state index contributed by atoms with van der Waals surface area (Å²) in [6.45, 7) is 15.2. The first-order chi connectivity index (χ1) is 6.08. The van der Waals surface area contributed by atoms with Crippen LogP contribution in [0.3, 0.4) is 0 Å². The third-order valence-corrected chi connectivity index (χ3v) is 3.90. The molecule has 0 aromatic carbocycles. The predicted molar refractivity (Wildman–Crippen MR) is 73.4 cm³/mol. The Morgan fingerprint density at radius 2 is 0.929 bits per heavy atom. The minimum atomic E-state index is 0. The van der Waals surface area contributed by atoms with E-state index in [2.05, 4.69) is 41.5 Å².